The van der Waals surface area contributed by atoms with Crippen molar-refractivity contribution in [1.29, 1.82) is 0 Å². The van der Waals surface area contributed by atoms with Gasteiger partial charge in [-0.2, -0.15) is 0 Å². The summed E-state index contributed by atoms with van der Waals surface area (Å²) in [5.74, 6) is 1.80. The molecule has 3 heteroatoms. The first-order valence-electron chi connectivity index (χ1n) is 8.74. The standard InChI is InChI=1S/2C6H6O.2C5H9.Sn/c2*7-6-4-2-1-3-5-6;2*1-4-5(2)3;/h2*1-5,7H;2*4H,1H2,2-3H3;/q;;;;+2/p-2. The van der Waals surface area contributed by atoms with E-state index in [-0.39, 0.29) is 0 Å². The van der Waals surface area contributed by atoms with Gasteiger partial charge in [0.05, 0.1) is 0 Å². The molecule has 0 bridgehead atoms. The Morgan fingerprint density at radius 1 is 0.680 bits per heavy atom. The van der Waals surface area contributed by atoms with Gasteiger partial charge in [-0.3, -0.25) is 0 Å². The van der Waals surface area contributed by atoms with Crippen LogP contribution in [0.25, 0.3) is 0 Å². The van der Waals surface area contributed by atoms with Gasteiger partial charge >= 0.3 is 157 Å². The van der Waals surface area contributed by atoms with Crippen molar-refractivity contribution in [2.45, 2.75) is 36.6 Å². The van der Waals surface area contributed by atoms with Crippen LogP contribution in [0.4, 0.5) is 0 Å². The third-order valence-corrected chi connectivity index (χ3v) is 11.9. The topological polar surface area (TPSA) is 18.5 Å². The third-order valence-electron chi connectivity index (χ3n) is 3.74. The van der Waals surface area contributed by atoms with Crippen LogP contribution in [0.2, 0.25) is 8.87 Å². The Kier molecular flexibility index (Phi) is 7.63. The van der Waals surface area contributed by atoms with Crippen molar-refractivity contribution < 1.29 is 6.15 Å². The van der Waals surface area contributed by atoms with Crippen LogP contribution in [0.5, 0.6) is 11.5 Å². The molecule has 0 saturated heterocycles. The van der Waals surface area contributed by atoms with Gasteiger partial charge in [0, 0.05) is 0 Å². The molecular weight excluding hydrogens is 415 g/mol. The SMILES string of the molecule is CC(C)=C[CH2][Sn]([CH2]C=C(C)C)([O]c1ccccc1)[O]c1ccccc1. The van der Waals surface area contributed by atoms with E-state index in [2.05, 4.69) is 39.8 Å². The van der Waals surface area contributed by atoms with Crippen LogP contribution < -0.4 is 6.15 Å². The summed E-state index contributed by atoms with van der Waals surface area (Å²) in [5.41, 5.74) is 2.60. The average Bonchev–Trinajstić information content (AvgIpc) is 2.60. The average molecular weight is 443 g/mol. The fraction of sp³-hybridized carbons (Fsp3) is 0.273. The van der Waals surface area contributed by atoms with Crippen LogP contribution in [0.1, 0.15) is 27.7 Å². The number of hydrogen-bond donors (Lipinski definition) is 0. The van der Waals surface area contributed by atoms with Crippen molar-refractivity contribution in [2.24, 2.45) is 0 Å². The van der Waals surface area contributed by atoms with E-state index in [1.54, 1.807) is 0 Å². The van der Waals surface area contributed by atoms with Crippen LogP contribution in [0.3, 0.4) is 0 Å². The number of hydrogen-bond acceptors (Lipinski definition) is 2. The first-order valence-corrected chi connectivity index (χ1v) is 15.1. The van der Waals surface area contributed by atoms with Crippen LogP contribution in [0.15, 0.2) is 84.0 Å². The van der Waals surface area contributed by atoms with Gasteiger partial charge in [0.25, 0.3) is 0 Å². The van der Waals surface area contributed by atoms with Gasteiger partial charge in [-0.15, -0.1) is 0 Å². The molecule has 2 rings (SSSR count). The summed E-state index contributed by atoms with van der Waals surface area (Å²) >= 11 is -3.46. The van der Waals surface area contributed by atoms with Gasteiger partial charge in [0.1, 0.15) is 0 Å². The van der Waals surface area contributed by atoms with Gasteiger partial charge in [-0.05, 0) is 0 Å². The van der Waals surface area contributed by atoms with Gasteiger partial charge in [-0.1, -0.05) is 0 Å². The Bertz CT molecular complexity index is 634. The van der Waals surface area contributed by atoms with Crippen molar-refractivity contribution in [3.8, 4) is 11.5 Å². The summed E-state index contributed by atoms with van der Waals surface area (Å²) in [6.45, 7) is 8.51. The second-order valence-corrected chi connectivity index (χ2v) is 15.4. The Morgan fingerprint density at radius 2 is 1.04 bits per heavy atom. The zero-order valence-corrected chi connectivity index (χ0v) is 18.5. The molecule has 0 atom stereocenters. The molecule has 0 unspecified atom stereocenters. The Labute approximate surface area is 157 Å². The molecular formula is C22H28O2Sn. The van der Waals surface area contributed by atoms with Crippen LogP contribution in [0, 0.1) is 0 Å². The molecule has 0 N–H and O–H groups in total. The number of rotatable bonds is 8. The van der Waals surface area contributed by atoms with Crippen molar-refractivity contribution in [3.63, 3.8) is 0 Å². The fourth-order valence-corrected chi connectivity index (χ4v) is 11.3. The molecule has 0 aliphatic heterocycles. The van der Waals surface area contributed by atoms with Gasteiger partial charge in [-0.25, -0.2) is 0 Å². The van der Waals surface area contributed by atoms with E-state index in [0.717, 1.165) is 20.4 Å². The number of para-hydroxylation sites is 2. The maximum absolute atomic E-state index is 6.61. The number of benzene rings is 2. The molecule has 0 aromatic heterocycles. The summed E-state index contributed by atoms with van der Waals surface area (Å²) < 4.78 is 15.0. The van der Waals surface area contributed by atoms with E-state index in [4.69, 9.17) is 6.15 Å². The maximum atomic E-state index is 6.61. The Hall–Kier alpha value is -1.68. The van der Waals surface area contributed by atoms with Gasteiger partial charge in [0.15, 0.2) is 0 Å². The fourth-order valence-electron chi connectivity index (χ4n) is 2.40. The van der Waals surface area contributed by atoms with E-state index < -0.39 is 19.2 Å². The second-order valence-electron chi connectivity index (χ2n) is 6.71. The summed E-state index contributed by atoms with van der Waals surface area (Å²) in [6, 6.07) is 20.1. The van der Waals surface area contributed by atoms with Crippen LogP contribution >= 0.6 is 0 Å². The van der Waals surface area contributed by atoms with E-state index in [1.165, 1.54) is 11.1 Å². The summed E-state index contributed by atoms with van der Waals surface area (Å²) in [7, 11) is 0. The zero-order valence-electron chi connectivity index (χ0n) is 15.7. The van der Waals surface area contributed by atoms with Crippen LogP contribution in [-0.4, -0.2) is 19.2 Å². The van der Waals surface area contributed by atoms with Crippen LogP contribution in [-0.2, 0) is 0 Å². The first kappa shape index (κ1) is 19.6. The molecule has 2 nitrogen and oxygen atoms in total. The molecule has 2 aromatic carbocycles. The Morgan fingerprint density at radius 3 is 1.36 bits per heavy atom. The van der Waals surface area contributed by atoms with Gasteiger partial charge < -0.3 is 0 Å². The van der Waals surface area contributed by atoms with E-state index >= 15 is 0 Å². The third kappa shape index (κ3) is 6.99. The summed E-state index contributed by atoms with van der Waals surface area (Å²) in [6.07, 6.45) is 4.53. The van der Waals surface area contributed by atoms with E-state index in [1.807, 2.05) is 60.7 Å². The summed E-state index contributed by atoms with van der Waals surface area (Å²) in [5, 5.41) is 0. The predicted molar refractivity (Wildman–Crippen MR) is 108 cm³/mol. The second kappa shape index (κ2) is 9.71. The van der Waals surface area contributed by atoms with Crippen molar-refractivity contribution >= 4 is 19.2 Å². The van der Waals surface area contributed by atoms with Crippen molar-refractivity contribution in [3.05, 3.63) is 84.0 Å². The quantitative estimate of drug-likeness (QED) is 0.342. The van der Waals surface area contributed by atoms with Crippen molar-refractivity contribution in [1.82, 2.24) is 0 Å². The molecule has 0 spiro atoms. The molecule has 0 aliphatic carbocycles. The summed E-state index contributed by atoms with van der Waals surface area (Å²) in [4.78, 5) is 0. The van der Waals surface area contributed by atoms with Crippen molar-refractivity contribution in [2.75, 3.05) is 0 Å². The number of allylic oxidation sites excluding steroid dienone is 4. The molecule has 0 aliphatic rings. The van der Waals surface area contributed by atoms with E-state index in [0.29, 0.717) is 0 Å². The minimum atomic E-state index is -3.46. The zero-order chi connectivity index (χ0) is 18.1. The molecule has 2 aromatic rings. The van der Waals surface area contributed by atoms with E-state index in [9.17, 15) is 0 Å². The molecule has 0 saturated carbocycles. The molecule has 0 amide bonds. The molecule has 0 fully saturated rings. The molecule has 25 heavy (non-hydrogen) atoms. The Balaban J connectivity index is 2.39. The normalized spacial score (nSPS) is 10.7. The monoisotopic (exact) mass is 444 g/mol. The first-order chi connectivity index (χ1) is 12.0. The molecule has 0 radical (unpaired) electrons. The molecule has 132 valence electrons. The predicted octanol–water partition coefficient (Wildman–Crippen LogP) is 6.52. The minimum absolute atomic E-state index is 0.880. The molecule has 0 heterocycles. The van der Waals surface area contributed by atoms with Gasteiger partial charge in [0.2, 0.25) is 0 Å².